The zero-order valence-corrected chi connectivity index (χ0v) is 18.5. The summed E-state index contributed by atoms with van der Waals surface area (Å²) < 4.78 is 0. The Morgan fingerprint density at radius 1 is 1.07 bits per heavy atom. The topological polar surface area (TPSA) is 46.1 Å². The van der Waals surface area contributed by atoms with Gasteiger partial charge in [0.05, 0.1) is 17.8 Å². The van der Waals surface area contributed by atoms with E-state index in [1.165, 1.54) is 5.56 Å². The molecule has 5 heteroatoms. The molecule has 0 aliphatic heterocycles. The number of rotatable bonds is 4. The van der Waals surface area contributed by atoms with Gasteiger partial charge in [0, 0.05) is 33.6 Å². The van der Waals surface area contributed by atoms with Crippen molar-refractivity contribution in [2.75, 3.05) is 4.90 Å². The van der Waals surface area contributed by atoms with E-state index in [0.717, 1.165) is 32.9 Å². The lowest BCUT2D eigenvalue weighted by molar-refractivity contribution is -0.125. The van der Waals surface area contributed by atoms with Crippen LogP contribution in [0.5, 0.6) is 0 Å². The van der Waals surface area contributed by atoms with Gasteiger partial charge in [0.1, 0.15) is 5.01 Å². The predicted octanol–water partition coefficient (Wildman–Crippen LogP) is 6.25. The zero-order chi connectivity index (χ0) is 21.3. The van der Waals surface area contributed by atoms with Gasteiger partial charge >= 0.3 is 0 Å². The molecule has 0 radical (unpaired) electrons. The number of fused-ring (bicyclic) bond motifs is 1. The second-order valence-corrected chi connectivity index (χ2v) is 9.40. The Balaban J connectivity index is 1.64. The van der Waals surface area contributed by atoms with Crippen molar-refractivity contribution in [3.63, 3.8) is 0 Å². The lowest BCUT2D eigenvalue weighted by Crippen LogP contribution is -2.39. The fourth-order valence-corrected chi connectivity index (χ4v) is 4.06. The molecule has 0 saturated carbocycles. The van der Waals surface area contributed by atoms with E-state index in [2.05, 4.69) is 17.1 Å². The second kappa shape index (κ2) is 8.00. The Hall–Kier alpha value is -3.05. The number of para-hydroxylation sites is 1. The minimum absolute atomic E-state index is 0.0771. The number of hydrogen-bond donors (Lipinski definition) is 0. The maximum atomic E-state index is 13.2. The highest BCUT2D eigenvalue weighted by molar-refractivity contribution is 7.13. The highest BCUT2D eigenvalue weighted by Crippen LogP contribution is 2.29. The van der Waals surface area contributed by atoms with Crippen molar-refractivity contribution >= 4 is 33.8 Å². The van der Waals surface area contributed by atoms with Crippen LogP contribution in [0.2, 0.25) is 0 Å². The number of carbonyl (C=O) groups excluding carboxylic acids is 1. The third kappa shape index (κ3) is 4.26. The summed E-state index contributed by atoms with van der Waals surface area (Å²) in [5.74, 6) is 0.0771. The number of anilines is 1. The highest BCUT2D eigenvalue weighted by atomic mass is 32.1. The molecule has 2 aromatic carbocycles. The van der Waals surface area contributed by atoms with Crippen molar-refractivity contribution in [1.29, 1.82) is 0 Å². The number of aromatic nitrogens is 2. The number of pyridine rings is 1. The number of amides is 1. The molecule has 152 valence electrons. The Morgan fingerprint density at radius 3 is 2.53 bits per heavy atom. The maximum absolute atomic E-state index is 13.2. The Morgan fingerprint density at radius 2 is 1.80 bits per heavy atom. The van der Waals surface area contributed by atoms with Crippen LogP contribution in [0.25, 0.3) is 21.5 Å². The van der Waals surface area contributed by atoms with E-state index in [9.17, 15) is 4.79 Å². The van der Waals surface area contributed by atoms with Gasteiger partial charge in [0.25, 0.3) is 0 Å². The fourth-order valence-electron chi connectivity index (χ4n) is 3.27. The summed E-state index contributed by atoms with van der Waals surface area (Å²) >= 11 is 1.58. The van der Waals surface area contributed by atoms with Crippen LogP contribution < -0.4 is 4.90 Å². The minimum Gasteiger partial charge on any atom is -0.306 e. The molecule has 2 aromatic heterocycles. The molecule has 0 N–H and O–H groups in total. The minimum atomic E-state index is -0.480. The van der Waals surface area contributed by atoms with Crippen LogP contribution in [0.3, 0.4) is 0 Å². The smallest absolute Gasteiger partial charge is 0.232 e. The van der Waals surface area contributed by atoms with E-state index in [4.69, 9.17) is 4.98 Å². The van der Waals surface area contributed by atoms with Crippen LogP contribution in [0.15, 0.2) is 66.2 Å². The third-order valence-electron chi connectivity index (χ3n) is 4.94. The summed E-state index contributed by atoms with van der Waals surface area (Å²) in [5.41, 5.74) is 4.42. The molecule has 30 heavy (non-hydrogen) atoms. The molecule has 1 amide bonds. The van der Waals surface area contributed by atoms with Gasteiger partial charge in [-0.05, 0) is 31.2 Å². The monoisotopic (exact) mass is 415 g/mol. The summed E-state index contributed by atoms with van der Waals surface area (Å²) in [6.07, 6.45) is 1.86. The molecule has 0 unspecified atom stereocenters. The van der Waals surface area contributed by atoms with Gasteiger partial charge in [0.15, 0.2) is 0 Å². The summed E-state index contributed by atoms with van der Waals surface area (Å²) in [4.78, 5) is 24.4. The van der Waals surface area contributed by atoms with Gasteiger partial charge in [-0.15, -0.1) is 11.3 Å². The Labute approximate surface area is 181 Å². The van der Waals surface area contributed by atoms with Gasteiger partial charge in [-0.2, -0.15) is 0 Å². The number of carbonyl (C=O) groups is 1. The third-order valence-corrected chi connectivity index (χ3v) is 5.88. The molecule has 4 aromatic rings. The van der Waals surface area contributed by atoms with Gasteiger partial charge in [-0.25, -0.2) is 4.98 Å². The molecular formula is C25H25N3OS. The molecule has 0 bridgehead atoms. The van der Waals surface area contributed by atoms with Crippen LogP contribution in [0.4, 0.5) is 5.69 Å². The van der Waals surface area contributed by atoms with Crippen LogP contribution in [0, 0.1) is 12.3 Å². The molecule has 2 heterocycles. The SMILES string of the molecule is Cc1ccc(N(Cc2csc(-c3cnc4ccccc4c3)n2)C(=O)C(C)(C)C)cc1. The lowest BCUT2D eigenvalue weighted by Gasteiger charge is -2.29. The first-order chi connectivity index (χ1) is 14.3. The molecule has 4 rings (SSSR count). The van der Waals surface area contributed by atoms with E-state index in [0.29, 0.717) is 6.54 Å². The Kier molecular flexibility index (Phi) is 5.39. The van der Waals surface area contributed by atoms with Crippen LogP contribution in [-0.2, 0) is 11.3 Å². The second-order valence-electron chi connectivity index (χ2n) is 8.54. The van der Waals surface area contributed by atoms with Crippen molar-refractivity contribution in [3.05, 3.63) is 77.4 Å². The summed E-state index contributed by atoms with van der Waals surface area (Å²) in [6.45, 7) is 8.33. The van der Waals surface area contributed by atoms with Crippen molar-refractivity contribution in [2.45, 2.75) is 34.2 Å². The first-order valence-corrected chi connectivity index (χ1v) is 10.9. The quantitative estimate of drug-likeness (QED) is 0.396. The molecule has 0 atom stereocenters. The van der Waals surface area contributed by atoms with E-state index in [1.54, 1.807) is 11.3 Å². The number of benzene rings is 2. The predicted molar refractivity (Wildman–Crippen MR) is 125 cm³/mol. The van der Waals surface area contributed by atoms with Crippen molar-refractivity contribution in [3.8, 4) is 10.6 Å². The average Bonchev–Trinajstić information content (AvgIpc) is 3.20. The van der Waals surface area contributed by atoms with Crippen LogP contribution in [-0.4, -0.2) is 15.9 Å². The summed E-state index contributed by atoms with van der Waals surface area (Å²) in [5, 5.41) is 4.04. The molecule has 4 nitrogen and oxygen atoms in total. The van der Waals surface area contributed by atoms with E-state index in [1.807, 2.05) is 86.6 Å². The van der Waals surface area contributed by atoms with Gasteiger partial charge < -0.3 is 4.90 Å². The molecule has 0 fully saturated rings. The van der Waals surface area contributed by atoms with Crippen LogP contribution in [0.1, 0.15) is 32.0 Å². The maximum Gasteiger partial charge on any atom is 0.232 e. The highest BCUT2D eigenvalue weighted by Gasteiger charge is 2.29. The Bertz CT molecular complexity index is 1190. The zero-order valence-electron chi connectivity index (χ0n) is 17.7. The first-order valence-electron chi connectivity index (χ1n) is 9.99. The molecule has 0 spiro atoms. The van der Waals surface area contributed by atoms with E-state index in [-0.39, 0.29) is 5.91 Å². The molecule has 0 saturated heterocycles. The fraction of sp³-hybridized carbons (Fsp3) is 0.240. The van der Waals surface area contributed by atoms with Crippen molar-refractivity contribution in [2.24, 2.45) is 5.41 Å². The van der Waals surface area contributed by atoms with E-state index < -0.39 is 5.41 Å². The largest absolute Gasteiger partial charge is 0.306 e. The number of nitrogens with zero attached hydrogens (tertiary/aromatic N) is 3. The number of aryl methyl sites for hydroxylation is 1. The number of thiazole rings is 1. The molecule has 0 aliphatic rings. The van der Waals surface area contributed by atoms with Gasteiger partial charge in [0.2, 0.25) is 5.91 Å². The average molecular weight is 416 g/mol. The molecule has 0 aliphatic carbocycles. The van der Waals surface area contributed by atoms with E-state index >= 15 is 0 Å². The summed E-state index contributed by atoms with van der Waals surface area (Å²) in [7, 11) is 0. The van der Waals surface area contributed by atoms with Gasteiger partial charge in [-0.3, -0.25) is 9.78 Å². The van der Waals surface area contributed by atoms with Crippen molar-refractivity contribution < 1.29 is 4.79 Å². The van der Waals surface area contributed by atoms with Gasteiger partial charge in [-0.1, -0.05) is 56.7 Å². The lowest BCUT2D eigenvalue weighted by atomic mass is 9.94. The standard InChI is InChI=1S/C25H25N3OS/c1-17-9-11-21(12-10-17)28(24(29)25(2,3)4)15-20-16-30-23(27-20)19-13-18-7-5-6-8-22(18)26-14-19/h5-14,16H,15H2,1-4H3. The normalized spacial score (nSPS) is 11.6. The number of hydrogen-bond acceptors (Lipinski definition) is 4. The van der Waals surface area contributed by atoms with Crippen molar-refractivity contribution in [1.82, 2.24) is 9.97 Å². The first kappa shape index (κ1) is 20.2. The van der Waals surface area contributed by atoms with Crippen LogP contribution >= 0.6 is 11.3 Å². The summed E-state index contributed by atoms with van der Waals surface area (Å²) in [6, 6.07) is 18.2. The molecular weight excluding hydrogens is 390 g/mol.